The monoisotopic (exact) mass is 273 g/mol. The van der Waals surface area contributed by atoms with Crippen LogP contribution in [0.2, 0.25) is 0 Å². The van der Waals surface area contributed by atoms with E-state index in [0.29, 0.717) is 5.56 Å². The van der Waals surface area contributed by atoms with Gasteiger partial charge in [0, 0.05) is 23.8 Å². The first-order valence-corrected chi connectivity index (χ1v) is 6.81. The van der Waals surface area contributed by atoms with Gasteiger partial charge in [0.25, 0.3) is 0 Å². The fourth-order valence-electron chi connectivity index (χ4n) is 2.29. The van der Waals surface area contributed by atoms with Crippen molar-refractivity contribution in [2.45, 2.75) is 33.0 Å². The molecule has 0 atom stereocenters. The summed E-state index contributed by atoms with van der Waals surface area (Å²) in [5.41, 5.74) is 2.69. The average Bonchev–Trinajstić information content (AvgIpc) is 2.46. The number of aliphatic hydroxyl groups is 1. The quantitative estimate of drug-likeness (QED) is 0.897. The Balaban J connectivity index is 2.34. The first-order chi connectivity index (χ1) is 9.61. The lowest BCUT2D eigenvalue weighted by Crippen LogP contribution is -2.31. The van der Waals surface area contributed by atoms with E-state index in [1.165, 1.54) is 17.7 Å². The molecule has 0 aliphatic rings. The van der Waals surface area contributed by atoms with E-state index < -0.39 is 0 Å². The van der Waals surface area contributed by atoms with Crippen LogP contribution in [0, 0.1) is 5.82 Å². The van der Waals surface area contributed by atoms with Crippen LogP contribution in [0.3, 0.4) is 0 Å². The van der Waals surface area contributed by atoms with Crippen LogP contribution in [0.1, 0.15) is 25.0 Å². The van der Waals surface area contributed by atoms with E-state index in [9.17, 15) is 9.50 Å². The number of rotatable bonds is 5. The fourth-order valence-corrected chi connectivity index (χ4v) is 2.29. The van der Waals surface area contributed by atoms with E-state index in [-0.39, 0.29) is 18.5 Å². The second-order valence-electron chi connectivity index (χ2n) is 5.14. The molecule has 0 radical (unpaired) electrons. The molecule has 0 aliphatic carbocycles. The van der Waals surface area contributed by atoms with Gasteiger partial charge in [-0.3, -0.25) is 0 Å². The third-order valence-corrected chi connectivity index (χ3v) is 3.34. The molecule has 0 bridgehead atoms. The summed E-state index contributed by atoms with van der Waals surface area (Å²) in [6, 6.07) is 15.0. The van der Waals surface area contributed by atoms with Gasteiger partial charge >= 0.3 is 0 Å². The summed E-state index contributed by atoms with van der Waals surface area (Å²) < 4.78 is 13.3. The van der Waals surface area contributed by atoms with Crippen molar-refractivity contribution in [2.75, 3.05) is 4.90 Å². The summed E-state index contributed by atoms with van der Waals surface area (Å²) in [5, 5.41) is 9.45. The highest BCUT2D eigenvalue weighted by Crippen LogP contribution is 2.25. The minimum atomic E-state index is -0.318. The Morgan fingerprint density at radius 2 is 1.80 bits per heavy atom. The number of halogens is 1. The zero-order valence-corrected chi connectivity index (χ0v) is 11.9. The summed E-state index contributed by atoms with van der Waals surface area (Å²) >= 11 is 0. The normalized spacial score (nSPS) is 10.8. The van der Waals surface area contributed by atoms with E-state index in [0.717, 1.165) is 12.2 Å². The zero-order chi connectivity index (χ0) is 14.5. The Kier molecular flexibility index (Phi) is 4.74. The maximum atomic E-state index is 13.3. The Morgan fingerprint density at radius 1 is 1.10 bits per heavy atom. The minimum absolute atomic E-state index is 0.162. The molecular weight excluding hydrogens is 253 g/mol. The minimum Gasteiger partial charge on any atom is -0.392 e. The highest BCUT2D eigenvalue weighted by atomic mass is 19.1. The summed E-state index contributed by atoms with van der Waals surface area (Å²) in [5.74, 6) is -0.318. The van der Waals surface area contributed by atoms with Crippen molar-refractivity contribution in [2.24, 2.45) is 0 Å². The molecule has 0 saturated carbocycles. The van der Waals surface area contributed by atoms with Crippen molar-refractivity contribution < 1.29 is 9.50 Å². The van der Waals surface area contributed by atoms with Crippen molar-refractivity contribution in [3.05, 3.63) is 65.5 Å². The number of aliphatic hydroxyl groups excluding tert-OH is 1. The van der Waals surface area contributed by atoms with Crippen molar-refractivity contribution in [1.29, 1.82) is 0 Å². The molecule has 0 fully saturated rings. The van der Waals surface area contributed by atoms with Crippen LogP contribution in [0.25, 0.3) is 0 Å². The Labute approximate surface area is 119 Å². The lowest BCUT2D eigenvalue weighted by molar-refractivity contribution is 0.281. The molecular formula is C17H20FNO. The first kappa shape index (κ1) is 14.5. The molecule has 2 aromatic rings. The second kappa shape index (κ2) is 6.53. The van der Waals surface area contributed by atoms with Crippen LogP contribution < -0.4 is 4.90 Å². The Bertz CT molecular complexity index is 554. The third kappa shape index (κ3) is 3.36. The highest BCUT2D eigenvalue weighted by Gasteiger charge is 2.15. The van der Waals surface area contributed by atoms with Gasteiger partial charge in [-0.25, -0.2) is 4.39 Å². The van der Waals surface area contributed by atoms with Crippen LogP contribution in [-0.4, -0.2) is 11.1 Å². The van der Waals surface area contributed by atoms with E-state index in [2.05, 4.69) is 30.9 Å². The summed E-state index contributed by atoms with van der Waals surface area (Å²) in [6.07, 6.45) is 0. The van der Waals surface area contributed by atoms with Crippen molar-refractivity contribution in [3.8, 4) is 0 Å². The molecule has 0 spiro atoms. The molecule has 2 rings (SSSR count). The van der Waals surface area contributed by atoms with Crippen molar-refractivity contribution >= 4 is 5.69 Å². The van der Waals surface area contributed by atoms with Gasteiger partial charge in [0.2, 0.25) is 0 Å². The van der Waals surface area contributed by atoms with Crippen LogP contribution in [0.4, 0.5) is 10.1 Å². The molecule has 2 nitrogen and oxygen atoms in total. The predicted molar refractivity (Wildman–Crippen MR) is 80.1 cm³/mol. The molecule has 20 heavy (non-hydrogen) atoms. The van der Waals surface area contributed by atoms with E-state index >= 15 is 0 Å². The molecule has 106 valence electrons. The lowest BCUT2D eigenvalue weighted by atomic mass is 10.1. The molecule has 0 amide bonds. The van der Waals surface area contributed by atoms with E-state index in [4.69, 9.17) is 0 Å². The molecule has 0 aromatic heterocycles. The molecule has 2 aromatic carbocycles. The third-order valence-electron chi connectivity index (χ3n) is 3.34. The number of hydrogen-bond acceptors (Lipinski definition) is 2. The van der Waals surface area contributed by atoms with Gasteiger partial charge in [-0.15, -0.1) is 0 Å². The van der Waals surface area contributed by atoms with Gasteiger partial charge in [-0.1, -0.05) is 30.3 Å². The van der Waals surface area contributed by atoms with Crippen molar-refractivity contribution in [3.63, 3.8) is 0 Å². The zero-order valence-electron chi connectivity index (χ0n) is 11.9. The van der Waals surface area contributed by atoms with Gasteiger partial charge in [0.1, 0.15) is 5.82 Å². The Hall–Kier alpha value is -1.87. The summed E-state index contributed by atoms with van der Waals surface area (Å²) in [7, 11) is 0. The maximum Gasteiger partial charge on any atom is 0.123 e. The molecule has 0 saturated heterocycles. The van der Waals surface area contributed by atoms with Crippen LogP contribution in [0.5, 0.6) is 0 Å². The fraction of sp³-hybridized carbons (Fsp3) is 0.294. The van der Waals surface area contributed by atoms with Gasteiger partial charge in [0.05, 0.1) is 6.61 Å². The average molecular weight is 273 g/mol. The SMILES string of the molecule is CC(C)N(Cc1ccccc1)c1ccc(F)cc1CO. The van der Waals surface area contributed by atoms with Gasteiger partial charge in [-0.2, -0.15) is 0 Å². The molecule has 3 heteroatoms. The highest BCUT2D eigenvalue weighted by molar-refractivity contribution is 5.54. The molecule has 0 aliphatic heterocycles. The maximum absolute atomic E-state index is 13.3. The number of benzene rings is 2. The standard InChI is InChI=1S/C17H20FNO/c1-13(2)19(11-14-6-4-3-5-7-14)17-9-8-16(18)10-15(17)12-20/h3-10,13,20H,11-12H2,1-2H3. The van der Waals surface area contributed by atoms with Crippen molar-refractivity contribution in [1.82, 2.24) is 0 Å². The largest absolute Gasteiger partial charge is 0.392 e. The molecule has 0 heterocycles. The number of anilines is 1. The smallest absolute Gasteiger partial charge is 0.123 e. The Morgan fingerprint density at radius 3 is 2.40 bits per heavy atom. The second-order valence-corrected chi connectivity index (χ2v) is 5.14. The van der Waals surface area contributed by atoms with Gasteiger partial charge in [0.15, 0.2) is 0 Å². The summed E-state index contributed by atoms with van der Waals surface area (Å²) in [4.78, 5) is 2.17. The first-order valence-electron chi connectivity index (χ1n) is 6.81. The van der Waals surface area contributed by atoms with E-state index in [1.807, 2.05) is 18.2 Å². The topological polar surface area (TPSA) is 23.5 Å². The molecule has 1 N–H and O–H groups in total. The van der Waals surface area contributed by atoms with Gasteiger partial charge < -0.3 is 10.0 Å². The van der Waals surface area contributed by atoms with Gasteiger partial charge in [-0.05, 0) is 37.6 Å². The lowest BCUT2D eigenvalue weighted by Gasteiger charge is -2.31. The number of hydrogen-bond donors (Lipinski definition) is 1. The van der Waals surface area contributed by atoms with Crippen LogP contribution in [0.15, 0.2) is 48.5 Å². The predicted octanol–water partition coefficient (Wildman–Crippen LogP) is 3.73. The van der Waals surface area contributed by atoms with Crippen LogP contribution >= 0.6 is 0 Å². The summed E-state index contributed by atoms with van der Waals surface area (Å²) in [6.45, 7) is 4.75. The molecule has 0 unspecified atom stereocenters. The number of nitrogens with zero attached hydrogens (tertiary/aromatic N) is 1. The van der Waals surface area contributed by atoms with E-state index in [1.54, 1.807) is 6.07 Å². The van der Waals surface area contributed by atoms with Crippen LogP contribution in [-0.2, 0) is 13.2 Å².